The van der Waals surface area contributed by atoms with Crippen LogP contribution >= 0.6 is 0 Å². The second kappa shape index (κ2) is 10.7. The average molecular weight is 367 g/mol. The number of benzene rings is 2. The van der Waals surface area contributed by atoms with Gasteiger partial charge in [0.2, 0.25) is 0 Å². The van der Waals surface area contributed by atoms with Gasteiger partial charge in [-0.3, -0.25) is 0 Å². The van der Waals surface area contributed by atoms with Crippen molar-refractivity contribution < 1.29 is 4.74 Å². The van der Waals surface area contributed by atoms with Crippen molar-refractivity contribution in [3.8, 4) is 0 Å². The molecular weight excluding hydrogens is 328 g/mol. The van der Waals surface area contributed by atoms with Crippen LogP contribution in [0.1, 0.15) is 72.9 Å². The summed E-state index contributed by atoms with van der Waals surface area (Å²) in [6.45, 7) is 13.2. The predicted molar refractivity (Wildman–Crippen MR) is 118 cm³/mol. The third-order valence-corrected chi connectivity index (χ3v) is 5.57. The average Bonchev–Trinajstić information content (AvgIpc) is 2.58. The first kappa shape index (κ1) is 21.7. The summed E-state index contributed by atoms with van der Waals surface area (Å²) in [4.78, 5) is 0. The van der Waals surface area contributed by atoms with Crippen LogP contribution in [0.3, 0.4) is 0 Å². The Labute approximate surface area is 167 Å². The SMILES string of the molecule is Cc1ccc(CCCC(C)OC(C)CCCc2ccc(C)cc2C)c(C)c1. The maximum atomic E-state index is 6.22. The minimum atomic E-state index is 0.340. The van der Waals surface area contributed by atoms with Crippen molar-refractivity contribution in [1.82, 2.24) is 0 Å². The van der Waals surface area contributed by atoms with E-state index in [0.717, 1.165) is 25.7 Å². The number of ether oxygens (including phenoxy) is 1. The lowest BCUT2D eigenvalue weighted by Crippen LogP contribution is -2.17. The van der Waals surface area contributed by atoms with Crippen molar-refractivity contribution in [1.29, 1.82) is 0 Å². The van der Waals surface area contributed by atoms with Crippen molar-refractivity contribution >= 4 is 0 Å². The Morgan fingerprint density at radius 3 is 1.44 bits per heavy atom. The topological polar surface area (TPSA) is 9.23 Å². The third kappa shape index (κ3) is 7.50. The molecule has 2 aromatic carbocycles. The Hall–Kier alpha value is -1.60. The fraction of sp³-hybridized carbons (Fsp3) is 0.538. The highest BCUT2D eigenvalue weighted by atomic mass is 16.5. The van der Waals surface area contributed by atoms with Crippen LogP contribution in [0.2, 0.25) is 0 Å². The first-order valence-electron chi connectivity index (χ1n) is 10.6. The monoisotopic (exact) mass is 366 g/mol. The van der Waals surface area contributed by atoms with Gasteiger partial charge in [-0.1, -0.05) is 47.5 Å². The fourth-order valence-electron chi connectivity index (χ4n) is 3.95. The molecule has 2 aromatic rings. The van der Waals surface area contributed by atoms with E-state index in [1.54, 1.807) is 0 Å². The van der Waals surface area contributed by atoms with Gasteiger partial charge in [0.15, 0.2) is 0 Å². The number of aryl methyl sites for hydroxylation is 6. The van der Waals surface area contributed by atoms with Crippen LogP contribution in [0.4, 0.5) is 0 Å². The van der Waals surface area contributed by atoms with E-state index < -0.39 is 0 Å². The zero-order valence-electron chi connectivity index (χ0n) is 18.3. The number of hydrogen-bond donors (Lipinski definition) is 0. The fourth-order valence-corrected chi connectivity index (χ4v) is 3.95. The molecule has 0 fully saturated rings. The van der Waals surface area contributed by atoms with Crippen molar-refractivity contribution in [2.75, 3.05) is 0 Å². The molecule has 0 N–H and O–H groups in total. The maximum Gasteiger partial charge on any atom is 0.0550 e. The van der Waals surface area contributed by atoms with E-state index in [4.69, 9.17) is 4.74 Å². The second-order valence-electron chi connectivity index (χ2n) is 8.40. The Balaban J connectivity index is 1.65. The first-order valence-corrected chi connectivity index (χ1v) is 10.6. The Kier molecular flexibility index (Phi) is 8.57. The van der Waals surface area contributed by atoms with Crippen LogP contribution < -0.4 is 0 Å². The largest absolute Gasteiger partial charge is 0.376 e. The molecule has 0 bridgehead atoms. The Bertz CT molecular complexity index is 655. The molecule has 0 saturated carbocycles. The molecule has 0 spiro atoms. The van der Waals surface area contributed by atoms with Crippen molar-refractivity contribution in [3.63, 3.8) is 0 Å². The number of rotatable bonds is 10. The smallest absolute Gasteiger partial charge is 0.0550 e. The van der Waals surface area contributed by atoms with Crippen molar-refractivity contribution in [2.45, 2.75) is 92.3 Å². The summed E-state index contributed by atoms with van der Waals surface area (Å²) in [6, 6.07) is 13.6. The summed E-state index contributed by atoms with van der Waals surface area (Å²) in [7, 11) is 0. The van der Waals surface area contributed by atoms with Gasteiger partial charge in [0.05, 0.1) is 12.2 Å². The molecule has 27 heavy (non-hydrogen) atoms. The molecule has 0 aliphatic carbocycles. The normalized spacial score (nSPS) is 13.6. The third-order valence-electron chi connectivity index (χ3n) is 5.57. The first-order chi connectivity index (χ1) is 12.8. The van der Waals surface area contributed by atoms with E-state index in [1.165, 1.54) is 46.2 Å². The van der Waals surface area contributed by atoms with Crippen molar-refractivity contribution in [2.24, 2.45) is 0 Å². The minimum Gasteiger partial charge on any atom is -0.376 e. The molecule has 0 heterocycles. The molecule has 0 amide bonds. The van der Waals surface area contributed by atoms with Gasteiger partial charge in [-0.2, -0.15) is 0 Å². The van der Waals surface area contributed by atoms with E-state index >= 15 is 0 Å². The van der Waals surface area contributed by atoms with Crippen LogP contribution in [0.25, 0.3) is 0 Å². The van der Waals surface area contributed by atoms with Crippen LogP contribution in [-0.2, 0) is 17.6 Å². The molecule has 0 aromatic heterocycles. The van der Waals surface area contributed by atoms with Crippen LogP contribution in [0, 0.1) is 27.7 Å². The molecule has 148 valence electrons. The second-order valence-corrected chi connectivity index (χ2v) is 8.40. The van der Waals surface area contributed by atoms with E-state index in [0.29, 0.717) is 12.2 Å². The summed E-state index contributed by atoms with van der Waals surface area (Å²) < 4.78 is 6.22. The van der Waals surface area contributed by atoms with Gasteiger partial charge in [-0.15, -0.1) is 0 Å². The predicted octanol–water partition coefficient (Wildman–Crippen LogP) is 7.06. The highest BCUT2D eigenvalue weighted by Crippen LogP contribution is 2.18. The summed E-state index contributed by atoms with van der Waals surface area (Å²) in [5.74, 6) is 0. The molecule has 1 heteroatoms. The standard InChI is InChI=1S/C26H38O/c1-19-13-15-25(21(3)17-19)11-7-9-23(5)27-24(6)10-8-12-26-16-14-20(2)18-22(26)4/h13-18,23-24H,7-12H2,1-6H3. The molecule has 0 aliphatic rings. The minimum absolute atomic E-state index is 0.340. The van der Waals surface area contributed by atoms with Gasteiger partial charge in [-0.25, -0.2) is 0 Å². The summed E-state index contributed by atoms with van der Waals surface area (Å²) >= 11 is 0. The van der Waals surface area contributed by atoms with Gasteiger partial charge in [0, 0.05) is 0 Å². The summed E-state index contributed by atoms with van der Waals surface area (Å²) in [5.41, 5.74) is 8.50. The molecule has 2 rings (SSSR count). The molecule has 2 atom stereocenters. The van der Waals surface area contributed by atoms with E-state index in [1.807, 2.05) is 0 Å². The molecule has 0 aliphatic heterocycles. The van der Waals surface area contributed by atoms with Crippen LogP contribution in [0.5, 0.6) is 0 Å². The Morgan fingerprint density at radius 2 is 1.07 bits per heavy atom. The van der Waals surface area contributed by atoms with Crippen LogP contribution in [0.15, 0.2) is 36.4 Å². The van der Waals surface area contributed by atoms with E-state index in [-0.39, 0.29) is 0 Å². The quantitative estimate of drug-likeness (QED) is 0.437. The maximum absolute atomic E-state index is 6.22. The lowest BCUT2D eigenvalue weighted by atomic mass is 9.99. The lowest BCUT2D eigenvalue weighted by Gasteiger charge is -2.19. The van der Waals surface area contributed by atoms with Gasteiger partial charge in [-0.05, 0) is 102 Å². The van der Waals surface area contributed by atoms with E-state index in [2.05, 4.69) is 77.9 Å². The molecular formula is C26H38O. The summed E-state index contributed by atoms with van der Waals surface area (Å²) in [6.07, 6.45) is 7.64. The van der Waals surface area contributed by atoms with Gasteiger partial charge >= 0.3 is 0 Å². The lowest BCUT2D eigenvalue weighted by molar-refractivity contribution is -0.00163. The highest BCUT2D eigenvalue weighted by Gasteiger charge is 2.10. The van der Waals surface area contributed by atoms with Gasteiger partial charge in [0.1, 0.15) is 0 Å². The highest BCUT2D eigenvalue weighted by molar-refractivity contribution is 5.31. The number of hydrogen-bond acceptors (Lipinski definition) is 1. The zero-order chi connectivity index (χ0) is 19.8. The zero-order valence-corrected chi connectivity index (χ0v) is 18.3. The van der Waals surface area contributed by atoms with Crippen LogP contribution in [-0.4, -0.2) is 12.2 Å². The van der Waals surface area contributed by atoms with Gasteiger partial charge in [0.25, 0.3) is 0 Å². The molecule has 2 unspecified atom stereocenters. The van der Waals surface area contributed by atoms with E-state index in [9.17, 15) is 0 Å². The van der Waals surface area contributed by atoms with Crippen molar-refractivity contribution in [3.05, 3.63) is 69.8 Å². The summed E-state index contributed by atoms with van der Waals surface area (Å²) in [5, 5.41) is 0. The van der Waals surface area contributed by atoms with Gasteiger partial charge < -0.3 is 4.74 Å². The Morgan fingerprint density at radius 1 is 0.667 bits per heavy atom. The molecule has 1 nitrogen and oxygen atoms in total. The molecule has 0 saturated heterocycles. The molecule has 0 radical (unpaired) electrons.